The number of ether oxygens (including phenoxy) is 1. The fraction of sp³-hybridized carbons (Fsp3) is 0.261. The SMILES string of the molecule is Cc1ccc(OC(C)C(=O)NCCCc2nn(-c3ccccc3)c(N)c2C#N)cc1. The zero-order valence-corrected chi connectivity index (χ0v) is 17.1. The van der Waals surface area contributed by atoms with Gasteiger partial charge in [0.05, 0.1) is 11.4 Å². The van der Waals surface area contributed by atoms with Crippen LogP contribution in [-0.2, 0) is 11.2 Å². The van der Waals surface area contributed by atoms with E-state index in [0.29, 0.717) is 42.2 Å². The maximum Gasteiger partial charge on any atom is 0.260 e. The molecule has 0 spiro atoms. The Hall–Kier alpha value is -3.79. The van der Waals surface area contributed by atoms with Gasteiger partial charge >= 0.3 is 0 Å². The molecule has 0 fully saturated rings. The van der Waals surface area contributed by atoms with Crippen LogP contribution in [0.2, 0.25) is 0 Å². The van der Waals surface area contributed by atoms with E-state index in [0.717, 1.165) is 11.3 Å². The second-order valence-corrected chi connectivity index (χ2v) is 7.03. The van der Waals surface area contributed by atoms with Crippen molar-refractivity contribution in [2.75, 3.05) is 12.3 Å². The van der Waals surface area contributed by atoms with E-state index in [-0.39, 0.29) is 5.91 Å². The highest BCUT2D eigenvalue weighted by atomic mass is 16.5. The number of nitrogen functional groups attached to an aromatic ring is 1. The van der Waals surface area contributed by atoms with Crippen LogP contribution in [0.15, 0.2) is 54.6 Å². The number of hydrogen-bond donors (Lipinski definition) is 2. The molecule has 3 N–H and O–H groups in total. The summed E-state index contributed by atoms with van der Waals surface area (Å²) in [5.41, 5.74) is 9.04. The van der Waals surface area contributed by atoms with Gasteiger partial charge in [-0.25, -0.2) is 4.68 Å². The monoisotopic (exact) mass is 403 g/mol. The van der Waals surface area contributed by atoms with E-state index in [1.807, 2.05) is 61.5 Å². The smallest absolute Gasteiger partial charge is 0.260 e. The van der Waals surface area contributed by atoms with Gasteiger partial charge < -0.3 is 15.8 Å². The molecule has 1 atom stereocenters. The highest BCUT2D eigenvalue weighted by Gasteiger charge is 2.17. The second-order valence-electron chi connectivity index (χ2n) is 7.03. The van der Waals surface area contributed by atoms with Crippen molar-refractivity contribution in [2.24, 2.45) is 0 Å². The predicted molar refractivity (Wildman–Crippen MR) is 115 cm³/mol. The number of carbonyl (C=O) groups excluding carboxylic acids is 1. The number of nitriles is 1. The number of nitrogens with one attached hydrogen (secondary N) is 1. The summed E-state index contributed by atoms with van der Waals surface area (Å²) < 4.78 is 7.24. The van der Waals surface area contributed by atoms with Gasteiger partial charge in [-0.15, -0.1) is 0 Å². The Bertz CT molecular complexity index is 1040. The van der Waals surface area contributed by atoms with E-state index in [1.54, 1.807) is 11.6 Å². The molecule has 7 nitrogen and oxygen atoms in total. The van der Waals surface area contributed by atoms with Gasteiger partial charge in [0.15, 0.2) is 6.10 Å². The van der Waals surface area contributed by atoms with E-state index in [9.17, 15) is 10.1 Å². The minimum atomic E-state index is -0.602. The Balaban J connectivity index is 1.53. The average molecular weight is 403 g/mol. The molecule has 0 radical (unpaired) electrons. The van der Waals surface area contributed by atoms with Crippen LogP contribution < -0.4 is 15.8 Å². The molecule has 1 heterocycles. The molecule has 0 aliphatic carbocycles. The summed E-state index contributed by atoms with van der Waals surface area (Å²) in [6, 6.07) is 19.1. The van der Waals surface area contributed by atoms with E-state index in [2.05, 4.69) is 16.5 Å². The Kier molecular flexibility index (Phi) is 6.71. The molecule has 0 bridgehead atoms. The largest absolute Gasteiger partial charge is 0.481 e. The first kappa shape index (κ1) is 20.9. The van der Waals surface area contributed by atoms with E-state index < -0.39 is 6.10 Å². The molecule has 154 valence electrons. The quantitative estimate of drug-likeness (QED) is 0.562. The van der Waals surface area contributed by atoms with Crippen LogP contribution in [0.1, 0.15) is 30.2 Å². The van der Waals surface area contributed by atoms with Crippen LogP contribution in [0.3, 0.4) is 0 Å². The lowest BCUT2D eigenvalue weighted by Crippen LogP contribution is -2.36. The number of carbonyl (C=O) groups is 1. The number of amides is 1. The molecule has 1 amide bonds. The Morgan fingerprint density at radius 3 is 2.60 bits per heavy atom. The number of hydrogen-bond acceptors (Lipinski definition) is 5. The molecule has 30 heavy (non-hydrogen) atoms. The molecule has 1 unspecified atom stereocenters. The van der Waals surface area contributed by atoms with E-state index >= 15 is 0 Å². The third kappa shape index (κ3) is 4.97. The van der Waals surface area contributed by atoms with Crippen molar-refractivity contribution in [1.29, 1.82) is 5.26 Å². The number of aryl methyl sites for hydroxylation is 2. The molecule has 0 saturated heterocycles. The molecular weight excluding hydrogens is 378 g/mol. The summed E-state index contributed by atoms with van der Waals surface area (Å²) in [4.78, 5) is 12.3. The number of benzene rings is 2. The first-order valence-electron chi connectivity index (χ1n) is 9.83. The van der Waals surface area contributed by atoms with Crippen molar-refractivity contribution < 1.29 is 9.53 Å². The Morgan fingerprint density at radius 2 is 1.93 bits per heavy atom. The lowest BCUT2D eigenvalue weighted by Gasteiger charge is -2.14. The Labute approximate surface area is 176 Å². The number of rotatable bonds is 8. The third-order valence-corrected chi connectivity index (χ3v) is 4.70. The molecule has 1 aromatic heterocycles. The van der Waals surface area contributed by atoms with Crippen LogP contribution in [-0.4, -0.2) is 28.3 Å². The van der Waals surface area contributed by atoms with Crippen molar-refractivity contribution in [1.82, 2.24) is 15.1 Å². The number of para-hydroxylation sites is 1. The van der Waals surface area contributed by atoms with E-state index in [4.69, 9.17) is 10.5 Å². The lowest BCUT2D eigenvalue weighted by molar-refractivity contribution is -0.127. The normalized spacial score (nSPS) is 11.5. The standard InChI is InChI=1S/C23H25N5O2/c1-16-10-12-19(13-11-16)30-17(2)23(29)26-14-6-9-21-20(15-24)22(25)28(27-21)18-7-4-3-5-8-18/h3-5,7-8,10-13,17H,6,9,14,25H2,1-2H3,(H,26,29). The number of nitrogens with zero attached hydrogens (tertiary/aromatic N) is 3. The van der Waals surface area contributed by atoms with Crippen molar-refractivity contribution in [3.8, 4) is 17.5 Å². The molecule has 3 aromatic rings. The highest BCUT2D eigenvalue weighted by molar-refractivity contribution is 5.80. The minimum absolute atomic E-state index is 0.189. The molecular formula is C23H25N5O2. The first-order valence-corrected chi connectivity index (χ1v) is 9.83. The minimum Gasteiger partial charge on any atom is -0.481 e. The van der Waals surface area contributed by atoms with Gasteiger partial charge in [-0.2, -0.15) is 10.4 Å². The molecule has 0 aliphatic heterocycles. The molecule has 7 heteroatoms. The van der Waals surface area contributed by atoms with Gasteiger partial charge in [0.2, 0.25) is 0 Å². The van der Waals surface area contributed by atoms with Crippen molar-refractivity contribution in [3.63, 3.8) is 0 Å². The number of anilines is 1. The summed E-state index contributed by atoms with van der Waals surface area (Å²) in [5.74, 6) is 0.789. The van der Waals surface area contributed by atoms with Crippen LogP contribution in [0.25, 0.3) is 5.69 Å². The summed E-state index contributed by atoms with van der Waals surface area (Å²) in [6.07, 6.45) is 0.555. The van der Waals surface area contributed by atoms with Crippen LogP contribution in [0.4, 0.5) is 5.82 Å². The number of aromatic nitrogens is 2. The zero-order valence-electron chi connectivity index (χ0n) is 17.1. The number of nitrogens with two attached hydrogens (primary N) is 1. The van der Waals surface area contributed by atoms with E-state index in [1.165, 1.54) is 0 Å². The molecule has 3 rings (SSSR count). The Morgan fingerprint density at radius 1 is 1.23 bits per heavy atom. The third-order valence-electron chi connectivity index (χ3n) is 4.70. The summed E-state index contributed by atoms with van der Waals surface area (Å²) in [6.45, 7) is 4.16. The van der Waals surface area contributed by atoms with Crippen molar-refractivity contribution in [3.05, 3.63) is 71.4 Å². The van der Waals surface area contributed by atoms with Gasteiger partial charge in [0, 0.05) is 6.54 Å². The van der Waals surface area contributed by atoms with Crippen LogP contribution in [0.5, 0.6) is 5.75 Å². The molecule has 2 aromatic carbocycles. The maximum absolute atomic E-state index is 12.3. The van der Waals surface area contributed by atoms with Crippen molar-refractivity contribution in [2.45, 2.75) is 32.8 Å². The maximum atomic E-state index is 12.3. The molecule has 0 aliphatic rings. The molecule has 0 saturated carbocycles. The van der Waals surface area contributed by atoms with Gasteiger partial charge in [-0.05, 0) is 51.0 Å². The van der Waals surface area contributed by atoms with Gasteiger partial charge in [-0.3, -0.25) is 4.79 Å². The first-order chi connectivity index (χ1) is 14.5. The summed E-state index contributed by atoms with van der Waals surface area (Å²) >= 11 is 0. The van der Waals surface area contributed by atoms with Gasteiger partial charge in [0.25, 0.3) is 5.91 Å². The fourth-order valence-electron chi connectivity index (χ4n) is 3.03. The van der Waals surface area contributed by atoms with Crippen LogP contribution in [0, 0.1) is 18.3 Å². The zero-order chi connectivity index (χ0) is 21.5. The second kappa shape index (κ2) is 9.61. The van der Waals surface area contributed by atoms with Crippen molar-refractivity contribution >= 4 is 11.7 Å². The average Bonchev–Trinajstić information content (AvgIpc) is 3.08. The highest BCUT2D eigenvalue weighted by Crippen LogP contribution is 2.21. The fourth-order valence-corrected chi connectivity index (χ4v) is 3.03. The van der Waals surface area contributed by atoms with Gasteiger partial charge in [-0.1, -0.05) is 35.9 Å². The summed E-state index contributed by atoms with van der Waals surface area (Å²) in [5, 5.41) is 16.8. The summed E-state index contributed by atoms with van der Waals surface area (Å²) in [7, 11) is 0. The topological polar surface area (TPSA) is 106 Å². The van der Waals surface area contributed by atoms with Gasteiger partial charge in [0.1, 0.15) is 23.2 Å². The van der Waals surface area contributed by atoms with Crippen LogP contribution >= 0.6 is 0 Å². The predicted octanol–water partition coefficient (Wildman–Crippen LogP) is 3.15. The lowest BCUT2D eigenvalue weighted by atomic mass is 10.1.